The van der Waals surface area contributed by atoms with Gasteiger partial charge in [0.2, 0.25) is 0 Å². The molecule has 5 nitrogen and oxygen atoms in total. The van der Waals surface area contributed by atoms with E-state index in [1.807, 2.05) is 26.0 Å². The molecule has 2 heterocycles. The fourth-order valence-electron chi connectivity index (χ4n) is 2.97. The van der Waals surface area contributed by atoms with Gasteiger partial charge in [0.1, 0.15) is 5.82 Å². The molecule has 3 aromatic rings. The SMILES string of the molecule is CC(C)N(C)C(=O)c1cc(-c2cnc(C3CC3)nc2)nc2ccc(Cl)cc12. The van der Waals surface area contributed by atoms with Crippen molar-refractivity contribution in [2.75, 3.05) is 7.05 Å². The van der Waals surface area contributed by atoms with Crippen molar-refractivity contribution in [3.8, 4) is 11.3 Å². The van der Waals surface area contributed by atoms with Gasteiger partial charge in [0.05, 0.1) is 16.8 Å². The van der Waals surface area contributed by atoms with E-state index in [0.717, 1.165) is 35.1 Å². The average Bonchev–Trinajstić information content (AvgIpc) is 3.51. The molecule has 1 amide bonds. The van der Waals surface area contributed by atoms with Gasteiger partial charge in [-0.2, -0.15) is 0 Å². The van der Waals surface area contributed by atoms with E-state index in [1.54, 1.807) is 36.5 Å². The molecule has 6 heteroatoms. The van der Waals surface area contributed by atoms with Gasteiger partial charge in [-0.1, -0.05) is 11.6 Å². The third-order valence-corrected chi connectivity index (χ3v) is 5.24. The summed E-state index contributed by atoms with van der Waals surface area (Å²) in [5, 5.41) is 1.33. The number of carbonyl (C=O) groups is 1. The summed E-state index contributed by atoms with van der Waals surface area (Å²) in [5.74, 6) is 1.33. The molecule has 1 saturated carbocycles. The Morgan fingerprint density at radius 2 is 1.89 bits per heavy atom. The lowest BCUT2D eigenvalue weighted by Gasteiger charge is -2.22. The van der Waals surface area contributed by atoms with Crippen molar-refractivity contribution in [2.45, 2.75) is 38.6 Å². The molecule has 2 aromatic heterocycles. The number of hydrogen-bond acceptors (Lipinski definition) is 4. The largest absolute Gasteiger partial charge is 0.339 e. The van der Waals surface area contributed by atoms with Crippen LogP contribution in [0, 0.1) is 0 Å². The predicted molar refractivity (Wildman–Crippen MR) is 107 cm³/mol. The van der Waals surface area contributed by atoms with Crippen molar-refractivity contribution in [3.05, 3.63) is 53.1 Å². The summed E-state index contributed by atoms with van der Waals surface area (Å²) in [6, 6.07) is 7.32. The number of carbonyl (C=O) groups excluding carboxylic acids is 1. The zero-order chi connectivity index (χ0) is 19.1. The minimum Gasteiger partial charge on any atom is -0.339 e. The van der Waals surface area contributed by atoms with Crippen LogP contribution in [0.15, 0.2) is 36.7 Å². The number of pyridine rings is 1. The second-order valence-electron chi connectivity index (χ2n) is 7.33. The number of benzene rings is 1. The Kier molecular flexibility index (Phi) is 4.56. The summed E-state index contributed by atoms with van der Waals surface area (Å²) in [4.78, 5) is 28.5. The van der Waals surface area contributed by atoms with E-state index < -0.39 is 0 Å². The normalized spacial score (nSPS) is 14.0. The van der Waals surface area contributed by atoms with Gasteiger partial charge >= 0.3 is 0 Å². The quantitative estimate of drug-likeness (QED) is 0.658. The van der Waals surface area contributed by atoms with E-state index in [9.17, 15) is 4.79 Å². The zero-order valence-electron chi connectivity index (χ0n) is 15.6. The first-order valence-electron chi connectivity index (χ1n) is 9.14. The van der Waals surface area contributed by atoms with Crippen molar-refractivity contribution >= 4 is 28.4 Å². The molecule has 0 radical (unpaired) electrons. The minimum atomic E-state index is -0.0589. The van der Waals surface area contributed by atoms with Crippen LogP contribution in [-0.2, 0) is 0 Å². The Hall–Kier alpha value is -2.53. The number of halogens is 1. The van der Waals surface area contributed by atoms with E-state index in [1.165, 1.54) is 0 Å². The smallest absolute Gasteiger partial charge is 0.254 e. The fourth-order valence-corrected chi connectivity index (χ4v) is 3.14. The average molecular weight is 381 g/mol. The van der Waals surface area contributed by atoms with Crippen LogP contribution in [0.2, 0.25) is 5.02 Å². The summed E-state index contributed by atoms with van der Waals surface area (Å²) >= 11 is 6.17. The van der Waals surface area contributed by atoms with Gasteiger partial charge in [-0.25, -0.2) is 15.0 Å². The van der Waals surface area contributed by atoms with Crippen LogP contribution in [0.25, 0.3) is 22.2 Å². The molecule has 0 spiro atoms. The molecular formula is C21H21ClN4O. The van der Waals surface area contributed by atoms with E-state index in [0.29, 0.717) is 22.2 Å². The van der Waals surface area contributed by atoms with E-state index >= 15 is 0 Å². The van der Waals surface area contributed by atoms with E-state index in [-0.39, 0.29) is 11.9 Å². The highest BCUT2D eigenvalue weighted by Gasteiger charge is 2.26. The Morgan fingerprint density at radius 1 is 1.19 bits per heavy atom. The Balaban J connectivity index is 1.84. The van der Waals surface area contributed by atoms with Gasteiger partial charge in [-0.05, 0) is 51.0 Å². The van der Waals surface area contributed by atoms with Crippen molar-refractivity contribution in [2.24, 2.45) is 0 Å². The molecule has 0 N–H and O–H groups in total. The molecule has 27 heavy (non-hydrogen) atoms. The number of rotatable bonds is 4. The van der Waals surface area contributed by atoms with Gasteiger partial charge in [0.15, 0.2) is 0 Å². The lowest BCUT2D eigenvalue weighted by Crippen LogP contribution is -2.33. The summed E-state index contributed by atoms with van der Waals surface area (Å²) < 4.78 is 0. The van der Waals surface area contributed by atoms with Crippen LogP contribution < -0.4 is 0 Å². The highest BCUT2D eigenvalue weighted by Crippen LogP contribution is 2.38. The number of hydrogen-bond donors (Lipinski definition) is 0. The maximum atomic E-state index is 13.1. The highest BCUT2D eigenvalue weighted by atomic mass is 35.5. The van der Waals surface area contributed by atoms with Crippen molar-refractivity contribution in [3.63, 3.8) is 0 Å². The lowest BCUT2D eigenvalue weighted by molar-refractivity contribution is 0.0757. The Bertz CT molecular complexity index is 1010. The number of fused-ring (bicyclic) bond motifs is 1. The highest BCUT2D eigenvalue weighted by molar-refractivity contribution is 6.31. The van der Waals surface area contributed by atoms with Crippen LogP contribution in [0.4, 0.5) is 0 Å². The van der Waals surface area contributed by atoms with Crippen LogP contribution in [0.3, 0.4) is 0 Å². The topological polar surface area (TPSA) is 59.0 Å². The van der Waals surface area contributed by atoms with E-state index in [4.69, 9.17) is 16.6 Å². The Labute approximate surface area is 163 Å². The molecule has 1 aliphatic carbocycles. The number of amides is 1. The summed E-state index contributed by atoms with van der Waals surface area (Å²) in [5.41, 5.74) is 2.80. The molecule has 0 bridgehead atoms. The molecule has 4 rings (SSSR count). The molecule has 138 valence electrons. The maximum absolute atomic E-state index is 13.1. The van der Waals surface area contributed by atoms with Crippen LogP contribution in [0.1, 0.15) is 48.8 Å². The van der Waals surface area contributed by atoms with Gasteiger partial charge in [-0.15, -0.1) is 0 Å². The third kappa shape index (κ3) is 3.52. The van der Waals surface area contributed by atoms with Crippen molar-refractivity contribution < 1.29 is 4.79 Å². The van der Waals surface area contributed by atoms with Crippen LogP contribution >= 0.6 is 11.6 Å². The van der Waals surface area contributed by atoms with Gasteiger partial charge in [-0.3, -0.25) is 4.79 Å². The molecule has 1 aliphatic rings. The summed E-state index contributed by atoms with van der Waals surface area (Å²) in [6.45, 7) is 3.97. The Morgan fingerprint density at radius 3 is 2.52 bits per heavy atom. The maximum Gasteiger partial charge on any atom is 0.254 e. The van der Waals surface area contributed by atoms with Crippen molar-refractivity contribution in [1.29, 1.82) is 0 Å². The van der Waals surface area contributed by atoms with Gasteiger partial charge in [0, 0.05) is 47.4 Å². The first-order chi connectivity index (χ1) is 12.9. The number of nitrogens with zero attached hydrogens (tertiary/aromatic N) is 4. The predicted octanol–water partition coefficient (Wildman–Crippen LogP) is 4.70. The minimum absolute atomic E-state index is 0.0589. The fraction of sp³-hybridized carbons (Fsp3) is 0.333. The first kappa shape index (κ1) is 17.9. The molecule has 0 saturated heterocycles. The van der Waals surface area contributed by atoms with Gasteiger partial charge < -0.3 is 4.90 Å². The van der Waals surface area contributed by atoms with Crippen LogP contribution in [-0.4, -0.2) is 38.8 Å². The standard InChI is InChI=1S/C21H21ClN4O/c1-12(2)26(3)21(27)17-9-19(25-18-7-6-15(22)8-16(17)18)14-10-23-20(24-11-14)13-4-5-13/h6-13H,4-5H2,1-3H3. The second-order valence-corrected chi connectivity index (χ2v) is 7.77. The first-order valence-corrected chi connectivity index (χ1v) is 9.51. The molecule has 0 aliphatic heterocycles. The van der Waals surface area contributed by atoms with Crippen LogP contribution in [0.5, 0.6) is 0 Å². The van der Waals surface area contributed by atoms with Gasteiger partial charge in [0.25, 0.3) is 5.91 Å². The molecule has 1 aromatic carbocycles. The lowest BCUT2D eigenvalue weighted by atomic mass is 10.0. The van der Waals surface area contributed by atoms with E-state index in [2.05, 4.69) is 9.97 Å². The molecule has 0 atom stereocenters. The van der Waals surface area contributed by atoms with Crippen molar-refractivity contribution in [1.82, 2.24) is 19.9 Å². The third-order valence-electron chi connectivity index (χ3n) is 5.01. The molecule has 0 unspecified atom stereocenters. The second kappa shape index (κ2) is 6.89. The molecule has 1 fully saturated rings. The molecular weight excluding hydrogens is 360 g/mol. The number of aromatic nitrogens is 3. The summed E-state index contributed by atoms with van der Waals surface area (Å²) in [7, 11) is 1.80. The summed E-state index contributed by atoms with van der Waals surface area (Å²) in [6.07, 6.45) is 5.92. The zero-order valence-corrected chi connectivity index (χ0v) is 16.4. The monoisotopic (exact) mass is 380 g/mol.